The Hall–Kier alpha value is -0.680. The number of amides is 1. The lowest BCUT2D eigenvalue weighted by Gasteiger charge is -2.33. The number of hydrogen-bond donors (Lipinski definition) is 2. The lowest BCUT2D eigenvalue weighted by molar-refractivity contribution is -0.128. The molecule has 2 rings (SSSR count). The summed E-state index contributed by atoms with van der Waals surface area (Å²) >= 11 is 5.26. The molecule has 0 bridgehead atoms. The van der Waals surface area contributed by atoms with Crippen LogP contribution in [0.1, 0.15) is 51.4 Å². The molecule has 0 radical (unpaired) electrons. The van der Waals surface area contributed by atoms with Crippen LogP contribution in [0.25, 0.3) is 0 Å². The lowest BCUT2D eigenvalue weighted by Crippen LogP contribution is -2.50. The number of nitrogens with zero attached hydrogens (tertiary/aromatic N) is 1. The van der Waals surface area contributed by atoms with Crippen LogP contribution >= 0.6 is 12.2 Å². The van der Waals surface area contributed by atoms with E-state index in [4.69, 9.17) is 18.0 Å². The van der Waals surface area contributed by atoms with Crippen molar-refractivity contribution in [3.63, 3.8) is 0 Å². The predicted octanol–water partition coefficient (Wildman–Crippen LogP) is 2.07. The highest BCUT2D eigenvalue weighted by atomic mass is 32.1. The lowest BCUT2D eigenvalue weighted by atomic mass is 9.79. The predicted molar refractivity (Wildman–Crippen MR) is 90.2 cm³/mol. The fraction of sp³-hybridized carbons (Fsp3) is 0.875. The van der Waals surface area contributed by atoms with E-state index in [-0.39, 0.29) is 5.91 Å². The van der Waals surface area contributed by atoms with Gasteiger partial charge in [0.1, 0.15) is 0 Å². The van der Waals surface area contributed by atoms with Gasteiger partial charge in [0.05, 0.1) is 10.4 Å². The highest BCUT2D eigenvalue weighted by molar-refractivity contribution is 7.80. The maximum atomic E-state index is 12.7. The smallest absolute Gasteiger partial charge is 0.233 e. The molecule has 1 aliphatic heterocycles. The molecular formula is C16H29N3OS. The van der Waals surface area contributed by atoms with E-state index in [0.29, 0.717) is 10.9 Å². The number of piperidine rings is 1. The third kappa shape index (κ3) is 4.16. The molecule has 3 N–H and O–H groups in total. The molecule has 1 saturated heterocycles. The molecule has 0 spiro atoms. The Morgan fingerprint density at radius 1 is 1.29 bits per heavy atom. The van der Waals surface area contributed by atoms with Gasteiger partial charge in [-0.3, -0.25) is 4.79 Å². The van der Waals surface area contributed by atoms with Crippen LogP contribution in [0.5, 0.6) is 0 Å². The van der Waals surface area contributed by atoms with Crippen LogP contribution < -0.4 is 11.1 Å². The van der Waals surface area contributed by atoms with Crippen molar-refractivity contribution >= 4 is 23.1 Å². The number of rotatable bonds is 4. The number of carbonyl (C=O) groups excluding carboxylic acids is 1. The molecule has 1 heterocycles. The molecule has 1 saturated carbocycles. The largest absolute Gasteiger partial charge is 0.392 e. The minimum atomic E-state index is -0.591. The van der Waals surface area contributed by atoms with Gasteiger partial charge in [0.2, 0.25) is 5.91 Å². The summed E-state index contributed by atoms with van der Waals surface area (Å²) in [4.78, 5) is 15.5. The zero-order valence-electron chi connectivity index (χ0n) is 13.2. The topological polar surface area (TPSA) is 58.4 Å². The summed E-state index contributed by atoms with van der Waals surface area (Å²) in [6, 6.07) is 0. The molecule has 1 aliphatic carbocycles. The molecule has 1 unspecified atom stereocenters. The van der Waals surface area contributed by atoms with E-state index >= 15 is 0 Å². The van der Waals surface area contributed by atoms with Crippen LogP contribution in [-0.2, 0) is 4.79 Å². The van der Waals surface area contributed by atoms with E-state index in [1.165, 1.54) is 32.2 Å². The van der Waals surface area contributed by atoms with Crippen LogP contribution in [0, 0.1) is 11.3 Å². The van der Waals surface area contributed by atoms with Gasteiger partial charge in [0.15, 0.2) is 0 Å². The average Bonchev–Trinajstić information content (AvgIpc) is 2.71. The second-order valence-corrected chi connectivity index (χ2v) is 7.28. The SMILES string of the molecule is CN1CCCC(CNC(=O)C2(C(N)=S)CCCCCC2)C1. The van der Waals surface area contributed by atoms with Crippen LogP contribution in [0.3, 0.4) is 0 Å². The van der Waals surface area contributed by atoms with E-state index in [1.807, 2.05) is 0 Å². The van der Waals surface area contributed by atoms with Crippen LogP contribution in [0.15, 0.2) is 0 Å². The highest BCUT2D eigenvalue weighted by Crippen LogP contribution is 2.35. The third-order valence-corrected chi connectivity index (χ3v) is 5.53. The minimum Gasteiger partial charge on any atom is -0.392 e. The first kappa shape index (κ1) is 16.7. The molecule has 0 aromatic heterocycles. The Morgan fingerprint density at radius 3 is 2.52 bits per heavy atom. The van der Waals surface area contributed by atoms with Crippen molar-refractivity contribution in [1.82, 2.24) is 10.2 Å². The van der Waals surface area contributed by atoms with Crippen molar-refractivity contribution in [3.05, 3.63) is 0 Å². The van der Waals surface area contributed by atoms with Crippen molar-refractivity contribution in [2.24, 2.45) is 17.1 Å². The molecule has 1 atom stereocenters. The normalized spacial score (nSPS) is 26.8. The molecule has 21 heavy (non-hydrogen) atoms. The van der Waals surface area contributed by atoms with Gasteiger partial charge in [0.25, 0.3) is 0 Å². The minimum absolute atomic E-state index is 0.0742. The van der Waals surface area contributed by atoms with Crippen LogP contribution in [-0.4, -0.2) is 42.5 Å². The Morgan fingerprint density at radius 2 is 1.95 bits per heavy atom. The fourth-order valence-corrected chi connectivity index (χ4v) is 4.06. The van der Waals surface area contributed by atoms with Crippen LogP contribution in [0.4, 0.5) is 0 Å². The van der Waals surface area contributed by atoms with Gasteiger partial charge >= 0.3 is 0 Å². The van der Waals surface area contributed by atoms with Gasteiger partial charge in [-0.25, -0.2) is 0 Å². The first-order chi connectivity index (χ1) is 10.0. The molecule has 1 amide bonds. The zero-order valence-corrected chi connectivity index (χ0v) is 14.0. The van der Waals surface area contributed by atoms with E-state index in [1.54, 1.807) is 0 Å². The number of nitrogens with two attached hydrogens (primary N) is 1. The molecule has 120 valence electrons. The van der Waals surface area contributed by atoms with Crippen LogP contribution in [0.2, 0.25) is 0 Å². The maximum Gasteiger partial charge on any atom is 0.233 e. The quantitative estimate of drug-likeness (QED) is 0.616. The second-order valence-electron chi connectivity index (χ2n) is 6.84. The monoisotopic (exact) mass is 311 g/mol. The average molecular weight is 311 g/mol. The Labute approximate surface area is 133 Å². The number of thiocarbonyl (C=S) groups is 1. The number of likely N-dealkylation sites (tertiary alicyclic amines) is 1. The molecule has 4 nitrogen and oxygen atoms in total. The molecular weight excluding hydrogens is 282 g/mol. The molecule has 0 aromatic rings. The second kappa shape index (κ2) is 7.54. The number of nitrogens with one attached hydrogen (secondary N) is 1. The highest BCUT2D eigenvalue weighted by Gasteiger charge is 2.41. The summed E-state index contributed by atoms with van der Waals surface area (Å²) in [5.74, 6) is 0.631. The zero-order chi connectivity index (χ0) is 15.3. The van der Waals surface area contributed by atoms with Crippen molar-refractivity contribution in [2.75, 3.05) is 26.7 Å². The van der Waals surface area contributed by atoms with Gasteiger partial charge in [-0.15, -0.1) is 0 Å². The Bertz CT molecular complexity index is 378. The Kier molecular flexibility index (Phi) is 5.99. The van der Waals surface area contributed by atoms with Crippen molar-refractivity contribution in [2.45, 2.75) is 51.4 Å². The van der Waals surface area contributed by atoms with Gasteiger partial charge in [-0.05, 0) is 45.2 Å². The van der Waals surface area contributed by atoms with E-state index in [9.17, 15) is 4.79 Å². The summed E-state index contributed by atoms with van der Waals surface area (Å²) in [5.41, 5.74) is 5.37. The third-order valence-electron chi connectivity index (χ3n) is 5.14. The molecule has 2 aliphatic rings. The summed E-state index contributed by atoms with van der Waals surface area (Å²) < 4.78 is 0. The van der Waals surface area contributed by atoms with Gasteiger partial charge < -0.3 is 16.0 Å². The van der Waals surface area contributed by atoms with Gasteiger partial charge in [-0.2, -0.15) is 0 Å². The first-order valence-corrected chi connectivity index (χ1v) is 8.72. The summed E-state index contributed by atoms with van der Waals surface area (Å²) in [6.45, 7) is 3.00. The van der Waals surface area contributed by atoms with Gasteiger partial charge in [-0.1, -0.05) is 37.9 Å². The molecule has 2 fully saturated rings. The number of carbonyl (C=O) groups is 1. The summed E-state index contributed by atoms with van der Waals surface area (Å²) in [5, 5.41) is 3.16. The number of hydrogen-bond acceptors (Lipinski definition) is 3. The summed E-state index contributed by atoms with van der Waals surface area (Å²) in [6.07, 6.45) is 8.53. The first-order valence-electron chi connectivity index (χ1n) is 8.31. The van der Waals surface area contributed by atoms with Crippen molar-refractivity contribution in [3.8, 4) is 0 Å². The molecule has 5 heteroatoms. The van der Waals surface area contributed by atoms with Gasteiger partial charge in [0, 0.05) is 13.1 Å². The Balaban J connectivity index is 1.93. The summed E-state index contributed by atoms with van der Waals surface area (Å²) in [7, 11) is 2.15. The maximum absolute atomic E-state index is 12.7. The van der Waals surface area contributed by atoms with E-state index in [2.05, 4.69) is 17.3 Å². The van der Waals surface area contributed by atoms with E-state index < -0.39 is 5.41 Å². The standard InChI is InChI=1S/C16H29N3OS/c1-19-10-6-7-13(12-19)11-18-15(20)16(14(17)21)8-4-2-3-5-9-16/h13H,2-12H2,1H3,(H2,17,21)(H,18,20). The van der Waals surface area contributed by atoms with Crippen molar-refractivity contribution in [1.29, 1.82) is 0 Å². The fourth-order valence-electron chi connectivity index (χ4n) is 3.76. The molecule has 0 aromatic carbocycles. The van der Waals surface area contributed by atoms with E-state index in [0.717, 1.165) is 38.8 Å². The van der Waals surface area contributed by atoms with Crippen molar-refractivity contribution < 1.29 is 4.79 Å².